The molecule has 110 valence electrons. The fraction of sp³-hybridized carbons (Fsp3) is 0.929. The Labute approximate surface area is 115 Å². The zero-order chi connectivity index (χ0) is 13.9. The minimum atomic E-state index is -0.648. The van der Waals surface area contributed by atoms with Crippen LogP contribution in [0.1, 0.15) is 33.1 Å². The molecule has 1 unspecified atom stereocenters. The molecule has 0 radical (unpaired) electrons. The monoisotopic (exact) mass is 269 g/mol. The molecule has 5 nitrogen and oxygen atoms in total. The third-order valence-electron chi connectivity index (χ3n) is 4.09. The zero-order valence-electron chi connectivity index (χ0n) is 12.2. The number of hydrogen-bond donors (Lipinski definition) is 2. The van der Waals surface area contributed by atoms with Crippen LogP contribution >= 0.6 is 0 Å². The maximum Gasteiger partial charge on any atom is 0.240 e. The van der Waals surface area contributed by atoms with Crippen molar-refractivity contribution >= 4 is 5.91 Å². The van der Waals surface area contributed by atoms with E-state index in [-0.39, 0.29) is 11.9 Å². The van der Waals surface area contributed by atoms with Gasteiger partial charge in [-0.2, -0.15) is 0 Å². The number of likely N-dealkylation sites (tertiary alicyclic amines) is 1. The lowest BCUT2D eigenvalue weighted by Crippen LogP contribution is -2.52. The van der Waals surface area contributed by atoms with Crippen LogP contribution in [0.5, 0.6) is 0 Å². The van der Waals surface area contributed by atoms with Gasteiger partial charge in [-0.15, -0.1) is 0 Å². The molecule has 2 fully saturated rings. The van der Waals surface area contributed by atoms with Crippen molar-refractivity contribution in [2.45, 2.75) is 44.8 Å². The first-order chi connectivity index (χ1) is 8.97. The number of hydrogen-bond acceptors (Lipinski definition) is 4. The number of rotatable bonds is 4. The van der Waals surface area contributed by atoms with E-state index in [0.717, 1.165) is 58.5 Å². The van der Waals surface area contributed by atoms with E-state index in [0.29, 0.717) is 0 Å². The minimum Gasteiger partial charge on any atom is -0.390 e. The van der Waals surface area contributed by atoms with Crippen LogP contribution in [0.25, 0.3) is 0 Å². The highest BCUT2D eigenvalue weighted by Crippen LogP contribution is 2.21. The number of carbonyl (C=O) groups is 1. The Balaban J connectivity index is 1.88. The van der Waals surface area contributed by atoms with E-state index in [4.69, 9.17) is 0 Å². The van der Waals surface area contributed by atoms with E-state index >= 15 is 0 Å². The van der Waals surface area contributed by atoms with Gasteiger partial charge in [0, 0.05) is 32.7 Å². The van der Waals surface area contributed by atoms with Crippen LogP contribution in [-0.4, -0.2) is 71.7 Å². The van der Waals surface area contributed by atoms with Crippen LogP contribution in [0, 0.1) is 0 Å². The van der Waals surface area contributed by atoms with Gasteiger partial charge in [-0.1, -0.05) is 0 Å². The molecule has 2 aliphatic rings. The summed E-state index contributed by atoms with van der Waals surface area (Å²) in [5.74, 6) is 0.287. The van der Waals surface area contributed by atoms with Gasteiger partial charge in [0.25, 0.3) is 0 Å². The average Bonchev–Trinajstić information content (AvgIpc) is 2.84. The van der Waals surface area contributed by atoms with Gasteiger partial charge in [-0.25, -0.2) is 0 Å². The predicted octanol–water partition coefficient (Wildman–Crippen LogP) is 0.0436. The second-order valence-corrected chi connectivity index (χ2v) is 6.33. The predicted molar refractivity (Wildman–Crippen MR) is 75.0 cm³/mol. The Bertz CT molecular complexity index is 308. The van der Waals surface area contributed by atoms with Crippen molar-refractivity contribution in [3.05, 3.63) is 0 Å². The fourth-order valence-corrected chi connectivity index (χ4v) is 2.89. The molecular weight excluding hydrogens is 242 g/mol. The molecule has 0 aromatic carbocycles. The molecule has 0 spiro atoms. The normalized spacial score (nSPS) is 25.8. The van der Waals surface area contributed by atoms with Crippen molar-refractivity contribution in [3.63, 3.8) is 0 Å². The van der Waals surface area contributed by atoms with Gasteiger partial charge in [-0.3, -0.25) is 9.69 Å². The summed E-state index contributed by atoms with van der Waals surface area (Å²) in [6.45, 7) is 8.92. The van der Waals surface area contributed by atoms with Crippen molar-refractivity contribution in [1.82, 2.24) is 15.1 Å². The molecule has 2 rings (SSSR count). The van der Waals surface area contributed by atoms with E-state index in [9.17, 15) is 9.90 Å². The van der Waals surface area contributed by atoms with E-state index in [1.54, 1.807) is 0 Å². The summed E-state index contributed by atoms with van der Waals surface area (Å²) in [4.78, 5) is 16.8. The zero-order valence-corrected chi connectivity index (χ0v) is 12.2. The quantitative estimate of drug-likeness (QED) is 0.757. The van der Waals surface area contributed by atoms with Gasteiger partial charge in [0.2, 0.25) is 5.91 Å². The Morgan fingerprint density at radius 2 is 2.00 bits per heavy atom. The second kappa shape index (κ2) is 6.20. The largest absolute Gasteiger partial charge is 0.390 e. The lowest BCUT2D eigenvalue weighted by molar-refractivity contribution is -0.136. The highest BCUT2D eigenvalue weighted by molar-refractivity contribution is 5.82. The van der Waals surface area contributed by atoms with Crippen LogP contribution < -0.4 is 5.32 Å². The van der Waals surface area contributed by atoms with Gasteiger partial charge >= 0.3 is 0 Å². The molecule has 1 amide bonds. The third kappa shape index (κ3) is 4.16. The molecule has 0 bridgehead atoms. The molecule has 0 aromatic rings. The Morgan fingerprint density at radius 1 is 1.32 bits per heavy atom. The van der Waals surface area contributed by atoms with E-state index in [2.05, 4.69) is 10.2 Å². The Morgan fingerprint density at radius 3 is 2.63 bits per heavy atom. The van der Waals surface area contributed by atoms with Crippen molar-refractivity contribution in [3.8, 4) is 0 Å². The van der Waals surface area contributed by atoms with Crippen LogP contribution in [0.15, 0.2) is 0 Å². The second-order valence-electron chi connectivity index (χ2n) is 6.33. The summed E-state index contributed by atoms with van der Waals surface area (Å²) in [5.41, 5.74) is -0.648. The molecule has 19 heavy (non-hydrogen) atoms. The highest BCUT2D eigenvalue weighted by atomic mass is 16.3. The van der Waals surface area contributed by atoms with Gasteiger partial charge in [0.15, 0.2) is 0 Å². The van der Waals surface area contributed by atoms with Gasteiger partial charge in [0.05, 0.1) is 11.6 Å². The summed E-state index contributed by atoms with van der Waals surface area (Å²) in [6.07, 6.45) is 2.78. The summed E-state index contributed by atoms with van der Waals surface area (Å²) in [6, 6.07) is 0.0421. The van der Waals surface area contributed by atoms with E-state index < -0.39 is 5.60 Å². The van der Waals surface area contributed by atoms with Crippen molar-refractivity contribution in [1.29, 1.82) is 0 Å². The molecule has 5 heteroatoms. The average molecular weight is 269 g/mol. The standard InChI is InChI=1S/C14H27N3O2/c1-14(2,19)5-9-16-8-3-4-12(16)13(18)17-10-6-15-7-11-17/h12,15,19H,3-11H2,1-2H3. The van der Waals surface area contributed by atoms with Crippen LogP contribution in [-0.2, 0) is 4.79 Å². The SMILES string of the molecule is CC(C)(O)CCN1CCCC1C(=O)N1CCNCC1. The highest BCUT2D eigenvalue weighted by Gasteiger charge is 2.34. The Kier molecular flexibility index (Phi) is 4.81. The number of piperazine rings is 1. The van der Waals surface area contributed by atoms with Crippen LogP contribution in [0.3, 0.4) is 0 Å². The third-order valence-corrected chi connectivity index (χ3v) is 4.09. The fourth-order valence-electron chi connectivity index (χ4n) is 2.89. The van der Waals surface area contributed by atoms with Gasteiger partial charge in [0.1, 0.15) is 0 Å². The smallest absolute Gasteiger partial charge is 0.240 e. The summed E-state index contributed by atoms with van der Waals surface area (Å²) < 4.78 is 0. The van der Waals surface area contributed by atoms with Crippen LogP contribution in [0.4, 0.5) is 0 Å². The molecule has 2 aliphatic heterocycles. The number of amides is 1. The number of nitrogens with one attached hydrogen (secondary N) is 1. The lowest BCUT2D eigenvalue weighted by atomic mass is 10.0. The number of carbonyl (C=O) groups excluding carboxylic acids is 1. The molecule has 2 saturated heterocycles. The van der Waals surface area contributed by atoms with Crippen molar-refractivity contribution < 1.29 is 9.90 Å². The first-order valence-electron chi connectivity index (χ1n) is 7.43. The van der Waals surface area contributed by atoms with Crippen molar-refractivity contribution in [2.24, 2.45) is 0 Å². The summed E-state index contributed by atoms with van der Waals surface area (Å²) >= 11 is 0. The van der Waals surface area contributed by atoms with Gasteiger partial charge in [-0.05, 0) is 39.7 Å². The molecule has 2 N–H and O–H groups in total. The van der Waals surface area contributed by atoms with Crippen molar-refractivity contribution in [2.75, 3.05) is 39.3 Å². The number of nitrogens with zero attached hydrogens (tertiary/aromatic N) is 2. The lowest BCUT2D eigenvalue weighted by Gasteiger charge is -2.33. The summed E-state index contributed by atoms with van der Waals surface area (Å²) in [5, 5.41) is 13.1. The number of aliphatic hydroxyl groups is 1. The maximum atomic E-state index is 12.5. The Hall–Kier alpha value is -0.650. The first kappa shape index (κ1) is 14.8. The first-order valence-corrected chi connectivity index (χ1v) is 7.43. The van der Waals surface area contributed by atoms with Gasteiger partial charge < -0.3 is 15.3 Å². The minimum absolute atomic E-state index is 0.0421. The van der Waals surface area contributed by atoms with Crippen LogP contribution in [0.2, 0.25) is 0 Å². The summed E-state index contributed by atoms with van der Waals surface area (Å²) in [7, 11) is 0. The molecule has 1 atom stereocenters. The molecule has 2 heterocycles. The molecule has 0 aromatic heterocycles. The van der Waals surface area contributed by atoms with E-state index in [1.165, 1.54) is 0 Å². The molecular formula is C14H27N3O2. The maximum absolute atomic E-state index is 12.5. The molecule has 0 saturated carbocycles. The topological polar surface area (TPSA) is 55.8 Å². The molecule has 0 aliphatic carbocycles. The van der Waals surface area contributed by atoms with E-state index in [1.807, 2.05) is 18.7 Å².